The van der Waals surface area contributed by atoms with Crippen molar-refractivity contribution in [2.45, 2.75) is 19.8 Å². The second-order valence-electron chi connectivity index (χ2n) is 6.83. The minimum absolute atomic E-state index is 0.142. The third-order valence-corrected chi connectivity index (χ3v) is 4.52. The first-order chi connectivity index (χ1) is 14.0. The summed E-state index contributed by atoms with van der Waals surface area (Å²) < 4.78 is 0. The Balaban J connectivity index is 1.46. The molecule has 0 atom stereocenters. The highest BCUT2D eigenvalue weighted by molar-refractivity contribution is 5.94. The summed E-state index contributed by atoms with van der Waals surface area (Å²) in [6.45, 7) is 2.44. The average Bonchev–Trinajstić information content (AvgIpc) is 2.71. The predicted octanol–water partition coefficient (Wildman–Crippen LogP) is 2.26. The highest BCUT2D eigenvalue weighted by atomic mass is 16.2. The molecular formula is C22H24N4O3. The lowest BCUT2D eigenvalue weighted by molar-refractivity contribution is -0.125. The van der Waals surface area contributed by atoms with Gasteiger partial charge in [0.2, 0.25) is 5.91 Å². The van der Waals surface area contributed by atoms with Gasteiger partial charge in [0.05, 0.1) is 6.54 Å². The monoisotopic (exact) mass is 392 g/mol. The fourth-order valence-corrected chi connectivity index (χ4v) is 3.21. The normalized spacial score (nSPS) is 12.9. The maximum absolute atomic E-state index is 12.2. The number of para-hydroxylation sites is 1. The molecule has 2 aromatic rings. The van der Waals surface area contributed by atoms with E-state index in [4.69, 9.17) is 0 Å². The molecule has 0 spiro atoms. The molecule has 3 amide bonds. The topological polar surface area (TPSA) is 90.5 Å². The van der Waals surface area contributed by atoms with E-state index in [9.17, 15) is 14.4 Å². The summed E-state index contributed by atoms with van der Waals surface area (Å²) in [5.74, 6) is -0.845. The van der Waals surface area contributed by atoms with Crippen molar-refractivity contribution in [3.8, 4) is 0 Å². The van der Waals surface area contributed by atoms with E-state index in [2.05, 4.69) is 22.2 Å². The third kappa shape index (κ3) is 5.93. The molecule has 1 heterocycles. The van der Waals surface area contributed by atoms with Crippen molar-refractivity contribution in [3.63, 3.8) is 0 Å². The molecule has 7 heteroatoms. The molecule has 7 nitrogen and oxygen atoms in total. The van der Waals surface area contributed by atoms with Crippen LogP contribution in [0.4, 0.5) is 11.4 Å². The molecule has 0 saturated heterocycles. The molecule has 0 aliphatic carbocycles. The number of nitrogens with one attached hydrogen (secondary N) is 3. The quantitative estimate of drug-likeness (QED) is 0.538. The summed E-state index contributed by atoms with van der Waals surface area (Å²) >= 11 is 0. The number of anilines is 2. The number of rotatable bonds is 5. The van der Waals surface area contributed by atoms with E-state index in [1.165, 1.54) is 18.6 Å². The molecule has 1 aliphatic rings. The van der Waals surface area contributed by atoms with Gasteiger partial charge in [-0.15, -0.1) is 0 Å². The fourth-order valence-electron chi connectivity index (χ4n) is 3.21. The zero-order valence-electron chi connectivity index (χ0n) is 16.3. The molecule has 0 fully saturated rings. The van der Waals surface area contributed by atoms with Gasteiger partial charge in [-0.05, 0) is 48.2 Å². The number of carbonyl (C=O) groups excluding carboxylic acids is 3. The van der Waals surface area contributed by atoms with Crippen molar-refractivity contribution in [1.82, 2.24) is 10.9 Å². The van der Waals surface area contributed by atoms with Crippen LogP contribution in [0.25, 0.3) is 6.08 Å². The van der Waals surface area contributed by atoms with E-state index in [1.54, 1.807) is 30.3 Å². The number of hydrogen-bond donors (Lipinski definition) is 3. The van der Waals surface area contributed by atoms with Crippen molar-refractivity contribution in [3.05, 3.63) is 65.7 Å². The molecule has 0 aromatic heterocycles. The molecule has 0 radical (unpaired) electrons. The Bertz CT molecular complexity index is 922. The van der Waals surface area contributed by atoms with Crippen LogP contribution in [0.1, 0.15) is 24.5 Å². The van der Waals surface area contributed by atoms with Gasteiger partial charge in [-0.2, -0.15) is 0 Å². The number of hydrogen-bond acceptors (Lipinski definition) is 4. The zero-order valence-corrected chi connectivity index (χ0v) is 16.3. The largest absolute Gasteiger partial charge is 0.362 e. The molecular weight excluding hydrogens is 368 g/mol. The van der Waals surface area contributed by atoms with Crippen LogP contribution in [0.3, 0.4) is 0 Å². The number of amides is 3. The van der Waals surface area contributed by atoms with Gasteiger partial charge >= 0.3 is 0 Å². The van der Waals surface area contributed by atoms with E-state index in [0.29, 0.717) is 5.69 Å². The standard InChI is InChI=1S/C22H24N4O3/c1-16(27)23-19-11-8-17(9-12-19)10-13-21(28)24-25-22(29)15-26-14-4-6-18-5-2-3-7-20(18)26/h2-3,5,7-13H,4,6,14-15H2,1H3,(H,23,27)(H,24,28)(H,25,29)/b13-10+. The highest BCUT2D eigenvalue weighted by Crippen LogP contribution is 2.26. The Morgan fingerprint density at radius 1 is 1.03 bits per heavy atom. The number of benzene rings is 2. The van der Waals surface area contributed by atoms with Gasteiger partial charge in [0, 0.05) is 30.9 Å². The molecule has 1 aliphatic heterocycles. The number of carbonyl (C=O) groups is 3. The van der Waals surface area contributed by atoms with Crippen LogP contribution in [-0.4, -0.2) is 30.8 Å². The molecule has 29 heavy (non-hydrogen) atoms. The van der Waals surface area contributed by atoms with Crippen LogP contribution in [0.2, 0.25) is 0 Å². The minimum atomic E-state index is -0.427. The van der Waals surface area contributed by atoms with Crippen LogP contribution in [0.5, 0.6) is 0 Å². The van der Waals surface area contributed by atoms with Crippen LogP contribution in [0.15, 0.2) is 54.6 Å². The van der Waals surface area contributed by atoms with E-state index in [-0.39, 0.29) is 18.4 Å². The fraction of sp³-hybridized carbons (Fsp3) is 0.227. The molecule has 0 bridgehead atoms. The summed E-state index contributed by atoms with van der Waals surface area (Å²) in [5, 5.41) is 2.68. The first kappa shape index (κ1) is 20.1. The Morgan fingerprint density at radius 2 is 1.79 bits per heavy atom. The van der Waals surface area contributed by atoms with Gasteiger partial charge in [-0.3, -0.25) is 25.2 Å². The Hall–Kier alpha value is -3.61. The lowest BCUT2D eigenvalue weighted by Crippen LogP contribution is -2.47. The van der Waals surface area contributed by atoms with Crippen LogP contribution < -0.4 is 21.1 Å². The number of fused-ring (bicyclic) bond motifs is 1. The zero-order chi connectivity index (χ0) is 20.6. The van der Waals surface area contributed by atoms with E-state index < -0.39 is 5.91 Å². The Morgan fingerprint density at radius 3 is 2.55 bits per heavy atom. The summed E-state index contributed by atoms with van der Waals surface area (Å²) in [6, 6.07) is 15.1. The highest BCUT2D eigenvalue weighted by Gasteiger charge is 2.18. The Kier molecular flexibility index (Phi) is 6.63. The van der Waals surface area contributed by atoms with Crippen molar-refractivity contribution in [1.29, 1.82) is 0 Å². The summed E-state index contributed by atoms with van der Waals surface area (Å²) in [7, 11) is 0. The Labute approximate surface area is 169 Å². The van der Waals surface area contributed by atoms with Crippen LogP contribution in [0, 0.1) is 0 Å². The van der Waals surface area contributed by atoms with Gasteiger partial charge in [0.25, 0.3) is 11.8 Å². The molecule has 150 valence electrons. The lowest BCUT2D eigenvalue weighted by Gasteiger charge is -2.30. The van der Waals surface area contributed by atoms with Crippen LogP contribution in [-0.2, 0) is 20.8 Å². The maximum Gasteiger partial charge on any atom is 0.262 e. The summed E-state index contributed by atoms with van der Waals surface area (Å²) in [4.78, 5) is 37.2. The summed E-state index contributed by atoms with van der Waals surface area (Å²) in [5.41, 5.74) is 8.64. The minimum Gasteiger partial charge on any atom is -0.362 e. The van der Waals surface area contributed by atoms with Gasteiger partial charge in [0.15, 0.2) is 0 Å². The SMILES string of the molecule is CC(=O)Nc1ccc(/C=C/C(=O)NNC(=O)CN2CCCc3ccccc32)cc1. The average molecular weight is 392 g/mol. The molecule has 0 unspecified atom stereocenters. The van der Waals surface area contributed by atoms with Gasteiger partial charge in [-0.1, -0.05) is 30.3 Å². The van der Waals surface area contributed by atoms with Gasteiger partial charge in [-0.25, -0.2) is 0 Å². The lowest BCUT2D eigenvalue weighted by atomic mass is 10.0. The van der Waals surface area contributed by atoms with Crippen molar-refractivity contribution in [2.24, 2.45) is 0 Å². The van der Waals surface area contributed by atoms with Gasteiger partial charge < -0.3 is 10.2 Å². The second-order valence-corrected chi connectivity index (χ2v) is 6.83. The molecule has 3 rings (SSSR count). The van der Waals surface area contributed by atoms with E-state index in [1.807, 2.05) is 23.1 Å². The van der Waals surface area contributed by atoms with Gasteiger partial charge in [0.1, 0.15) is 0 Å². The first-order valence-electron chi connectivity index (χ1n) is 9.48. The van der Waals surface area contributed by atoms with E-state index >= 15 is 0 Å². The van der Waals surface area contributed by atoms with Crippen molar-refractivity contribution >= 4 is 35.2 Å². The molecule has 0 saturated carbocycles. The molecule has 2 aromatic carbocycles. The first-order valence-corrected chi connectivity index (χ1v) is 9.48. The predicted molar refractivity (Wildman–Crippen MR) is 113 cm³/mol. The van der Waals surface area contributed by atoms with Crippen molar-refractivity contribution in [2.75, 3.05) is 23.3 Å². The van der Waals surface area contributed by atoms with Crippen LogP contribution >= 0.6 is 0 Å². The number of hydrazine groups is 1. The van der Waals surface area contributed by atoms with E-state index in [0.717, 1.165) is 30.6 Å². The number of nitrogens with zero attached hydrogens (tertiary/aromatic N) is 1. The maximum atomic E-state index is 12.2. The molecule has 3 N–H and O–H groups in total. The summed E-state index contributed by atoms with van der Waals surface area (Å²) in [6.07, 6.45) is 4.98. The second kappa shape index (κ2) is 9.54. The number of aryl methyl sites for hydroxylation is 1. The third-order valence-electron chi connectivity index (χ3n) is 4.52. The smallest absolute Gasteiger partial charge is 0.262 e. The van der Waals surface area contributed by atoms with Crippen molar-refractivity contribution < 1.29 is 14.4 Å².